The molecule has 2 rings (SSSR count). The van der Waals surface area contributed by atoms with E-state index in [-0.39, 0.29) is 30.1 Å². The fourth-order valence-electron chi connectivity index (χ4n) is 2.41. The molecule has 0 saturated carbocycles. The normalized spacial score (nSPS) is 22.7. The predicted octanol–water partition coefficient (Wildman–Crippen LogP) is 2.46. The van der Waals surface area contributed by atoms with Crippen molar-refractivity contribution in [3.8, 4) is 0 Å². The van der Waals surface area contributed by atoms with E-state index in [1.54, 1.807) is 13.0 Å². The molecule has 1 aliphatic heterocycles. The molecule has 1 aromatic rings. The Morgan fingerprint density at radius 3 is 2.57 bits per heavy atom. The first kappa shape index (κ1) is 15.9. The topological polar surface area (TPSA) is 49.4 Å². The molecule has 0 aromatic heterocycles. The molecule has 2 amide bonds. The monoisotopic (exact) mass is 356 g/mol. The van der Waals surface area contributed by atoms with E-state index in [2.05, 4.69) is 21.2 Å². The number of hydrogen-bond donors (Lipinski definition) is 1. The molecule has 1 fully saturated rings. The molecule has 0 aliphatic carbocycles. The van der Waals surface area contributed by atoms with Gasteiger partial charge in [0.25, 0.3) is 0 Å². The Balaban J connectivity index is 2.27. The van der Waals surface area contributed by atoms with Crippen molar-refractivity contribution < 1.29 is 14.0 Å². The minimum absolute atomic E-state index is 0.00990. The average Bonchev–Trinajstić information content (AvgIpc) is 2.37. The zero-order chi connectivity index (χ0) is 15.7. The van der Waals surface area contributed by atoms with Crippen molar-refractivity contribution in [1.82, 2.24) is 10.2 Å². The minimum Gasteiger partial charge on any atom is -0.342 e. The first-order valence-electron chi connectivity index (χ1n) is 6.85. The van der Waals surface area contributed by atoms with E-state index in [1.807, 2.05) is 13.8 Å². The van der Waals surface area contributed by atoms with Crippen LogP contribution in [0.15, 0.2) is 22.7 Å². The highest BCUT2D eigenvalue weighted by atomic mass is 79.9. The Hall–Kier alpha value is -1.43. The highest BCUT2D eigenvalue weighted by molar-refractivity contribution is 9.10. The van der Waals surface area contributed by atoms with Gasteiger partial charge in [-0.1, -0.05) is 29.8 Å². The summed E-state index contributed by atoms with van der Waals surface area (Å²) in [6.45, 7) is 5.66. The van der Waals surface area contributed by atoms with Crippen LogP contribution < -0.4 is 5.32 Å². The summed E-state index contributed by atoms with van der Waals surface area (Å²) in [5.74, 6) is -0.668. The Bertz CT molecular complexity index is 557. The summed E-state index contributed by atoms with van der Waals surface area (Å²) >= 11 is 3.23. The molecule has 1 aromatic carbocycles. The van der Waals surface area contributed by atoms with Gasteiger partial charge in [-0.25, -0.2) is 4.39 Å². The number of nitrogens with one attached hydrogen (secondary N) is 1. The third kappa shape index (κ3) is 3.43. The number of nitrogens with zero attached hydrogens (tertiary/aromatic N) is 1. The number of amides is 2. The third-order valence-corrected chi connectivity index (χ3v) is 4.09. The van der Waals surface area contributed by atoms with Crippen molar-refractivity contribution in [3.05, 3.63) is 34.1 Å². The lowest BCUT2D eigenvalue weighted by atomic mass is 9.98. The van der Waals surface area contributed by atoms with E-state index >= 15 is 0 Å². The van der Waals surface area contributed by atoms with Gasteiger partial charge >= 0.3 is 0 Å². The Labute approximate surface area is 131 Å². The fourth-order valence-corrected chi connectivity index (χ4v) is 2.92. The maximum atomic E-state index is 13.4. The molecule has 1 aliphatic rings. The second-order valence-corrected chi connectivity index (χ2v) is 6.57. The summed E-state index contributed by atoms with van der Waals surface area (Å²) in [7, 11) is 0. The minimum atomic E-state index is -0.561. The molecule has 1 heterocycles. The molecule has 4 nitrogen and oxygen atoms in total. The maximum Gasteiger partial charge on any atom is 0.246 e. The van der Waals surface area contributed by atoms with Gasteiger partial charge in [0.05, 0.1) is 0 Å². The van der Waals surface area contributed by atoms with Crippen LogP contribution in [-0.4, -0.2) is 28.8 Å². The predicted molar refractivity (Wildman–Crippen MR) is 80.9 cm³/mol. The molecule has 6 heteroatoms. The zero-order valence-electron chi connectivity index (χ0n) is 12.2. The van der Waals surface area contributed by atoms with E-state index in [1.165, 1.54) is 17.0 Å². The number of benzene rings is 1. The van der Waals surface area contributed by atoms with Gasteiger partial charge in [-0.05, 0) is 36.6 Å². The lowest BCUT2D eigenvalue weighted by molar-refractivity contribution is -0.150. The van der Waals surface area contributed by atoms with Gasteiger partial charge in [0.15, 0.2) is 0 Å². The molecule has 0 spiro atoms. The molecule has 1 saturated heterocycles. The van der Waals surface area contributed by atoms with E-state index in [9.17, 15) is 14.0 Å². The fraction of sp³-hybridized carbons (Fsp3) is 0.467. The molecule has 0 bridgehead atoms. The van der Waals surface area contributed by atoms with Crippen molar-refractivity contribution in [1.29, 1.82) is 0 Å². The number of piperazine rings is 1. The number of hydrogen-bond acceptors (Lipinski definition) is 2. The van der Waals surface area contributed by atoms with Crippen molar-refractivity contribution >= 4 is 27.7 Å². The Morgan fingerprint density at radius 2 is 2.00 bits per heavy atom. The average molecular weight is 357 g/mol. The van der Waals surface area contributed by atoms with Crippen LogP contribution in [0.25, 0.3) is 0 Å². The van der Waals surface area contributed by atoms with Crippen molar-refractivity contribution in [3.63, 3.8) is 0 Å². The van der Waals surface area contributed by atoms with E-state index < -0.39 is 12.1 Å². The summed E-state index contributed by atoms with van der Waals surface area (Å²) < 4.78 is 14.1. The summed E-state index contributed by atoms with van der Waals surface area (Å²) in [5, 5.41) is 2.74. The van der Waals surface area contributed by atoms with Gasteiger partial charge in [0.2, 0.25) is 11.8 Å². The van der Waals surface area contributed by atoms with E-state index in [0.717, 1.165) is 0 Å². The molecule has 2 unspecified atom stereocenters. The van der Waals surface area contributed by atoms with Crippen LogP contribution in [0.5, 0.6) is 0 Å². The summed E-state index contributed by atoms with van der Waals surface area (Å²) in [6, 6.07) is 3.40. The number of rotatable bonds is 3. The first-order valence-corrected chi connectivity index (χ1v) is 7.64. The van der Waals surface area contributed by atoms with Crippen LogP contribution in [0, 0.1) is 11.7 Å². The van der Waals surface area contributed by atoms with Crippen LogP contribution in [0.3, 0.4) is 0 Å². The highest BCUT2D eigenvalue weighted by Gasteiger charge is 2.39. The molecule has 1 N–H and O–H groups in total. The van der Waals surface area contributed by atoms with Crippen LogP contribution in [0.1, 0.15) is 26.3 Å². The summed E-state index contributed by atoms with van der Waals surface area (Å²) in [6.07, 6.45) is 0. The van der Waals surface area contributed by atoms with E-state index in [0.29, 0.717) is 10.0 Å². The zero-order valence-corrected chi connectivity index (χ0v) is 13.8. The standard InChI is InChI=1S/C15H18BrFN2O2/c1-8(2)13-15(21)19(9(3)14(20)18-13)7-10-4-11(16)6-12(17)5-10/h4-6,8-9,13H,7H2,1-3H3,(H,18,20). The molecular formula is C15H18BrFN2O2. The second-order valence-electron chi connectivity index (χ2n) is 5.65. The van der Waals surface area contributed by atoms with Gasteiger partial charge in [-0.15, -0.1) is 0 Å². The number of carbonyl (C=O) groups excluding carboxylic acids is 2. The van der Waals surface area contributed by atoms with E-state index in [4.69, 9.17) is 0 Å². The van der Waals surface area contributed by atoms with Crippen LogP contribution in [-0.2, 0) is 16.1 Å². The highest BCUT2D eigenvalue weighted by Crippen LogP contribution is 2.21. The summed E-state index contributed by atoms with van der Waals surface area (Å²) in [5.41, 5.74) is 0.652. The maximum absolute atomic E-state index is 13.4. The number of halogens is 2. The second kappa shape index (κ2) is 6.13. The molecule has 2 atom stereocenters. The lowest BCUT2D eigenvalue weighted by Crippen LogP contribution is -2.63. The van der Waals surface area contributed by atoms with Crippen LogP contribution in [0.4, 0.5) is 4.39 Å². The largest absolute Gasteiger partial charge is 0.342 e. The Kier molecular flexibility index (Phi) is 4.66. The van der Waals surface area contributed by atoms with Crippen molar-refractivity contribution in [2.75, 3.05) is 0 Å². The van der Waals surface area contributed by atoms with Crippen LogP contribution in [0.2, 0.25) is 0 Å². The third-order valence-electron chi connectivity index (χ3n) is 3.64. The first-order chi connectivity index (χ1) is 9.79. The lowest BCUT2D eigenvalue weighted by Gasteiger charge is -2.38. The SMILES string of the molecule is CC(C)C1NC(=O)C(C)N(Cc2cc(F)cc(Br)c2)C1=O. The van der Waals surface area contributed by atoms with Gasteiger partial charge in [0.1, 0.15) is 17.9 Å². The van der Waals surface area contributed by atoms with Crippen LogP contribution >= 0.6 is 15.9 Å². The molecule has 114 valence electrons. The van der Waals surface area contributed by atoms with Gasteiger partial charge in [-0.3, -0.25) is 9.59 Å². The summed E-state index contributed by atoms with van der Waals surface area (Å²) in [4.78, 5) is 26.0. The molecule has 21 heavy (non-hydrogen) atoms. The van der Waals surface area contributed by atoms with Gasteiger partial charge in [0, 0.05) is 11.0 Å². The van der Waals surface area contributed by atoms with Crippen molar-refractivity contribution in [2.24, 2.45) is 5.92 Å². The molecule has 0 radical (unpaired) electrons. The van der Waals surface area contributed by atoms with Gasteiger partial charge < -0.3 is 10.2 Å². The van der Waals surface area contributed by atoms with Gasteiger partial charge in [-0.2, -0.15) is 0 Å². The molecular weight excluding hydrogens is 339 g/mol. The van der Waals surface area contributed by atoms with Crippen molar-refractivity contribution in [2.45, 2.75) is 39.4 Å². The number of carbonyl (C=O) groups is 2. The quantitative estimate of drug-likeness (QED) is 0.904. The smallest absolute Gasteiger partial charge is 0.246 e. The Morgan fingerprint density at radius 1 is 1.33 bits per heavy atom.